The summed E-state index contributed by atoms with van der Waals surface area (Å²) in [5.74, 6) is -0.771. The Morgan fingerprint density at radius 3 is 2.95 bits per heavy atom. The summed E-state index contributed by atoms with van der Waals surface area (Å²) >= 11 is 0. The number of halogens is 2. The molecule has 0 unspecified atom stereocenters. The molecular weight excluding hydrogens is 262 g/mol. The molecule has 0 aliphatic rings. The highest BCUT2D eigenvalue weighted by Gasteiger charge is 2.07. The van der Waals surface area contributed by atoms with Gasteiger partial charge in [0.1, 0.15) is 23.3 Å². The maximum absolute atomic E-state index is 13.4. The van der Waals surface area contributed by atoms with Crippen molar-refractivity contribution in [2.24, 2.45) is 0 Å². The summed E-state index contributed by atoms with van der Waals surface area (Å²) in [6.45, 7) is 2.12. The van der Waals surface area contributed by atoms with Crippen LogP contribution in [0.3, 0.4) is 0 Å². The molecule has 2 aromatic rings. The summed E-state index contributed by atoms with van der Waals surface area (Å²) in [6.07, 6.45) is 3.20. The second-order valence-corrected chi connectivity index (χ2v) is 4.13. The zero-order valence-corrected chi connectivity index (χ0v) is 10.7. The molecule has 2 N–H and O–H groups in total. The number of aromatic amines is 1. The molecule has 6 heteroatoms. The topological polar surface area (TPSA) is 64.5 Å². The standard InChI is InChI=1S/C14H12F2N4/c1-9-12(8-17)14(20-19-9)18-6-2-3-10-4-5-11(15)7-13(10)16/h2-5,7H,6H2,1H3,(H2,18,19,20)/b3-2+. The molecule has 102 valence electrons. The van der Waals surface area contributed by atoms with Crippen LogP contribution in [0.2, 0.25) is 0 Å². The van der Waals surface area contributed by atoms with Gasteiger partial charge in [0.05, 0.1) is 5.69 Å². The van der Waals surface area contributed by atoms with Gasteiger partial charge in [-0.05, 0) is 19.1 Å². The highest BCUT2D eigenvalue weighted by Crippen LogP contribution is 2.14. The Bertz CT molecular complexity index is 683. The van der Waals surface area contributed by atoms with E-state index >= 15 is 0 Å². The number of benzene rings is 1. The summed E-state index contributed by atoms with van der Waals surface area (Å²) in [4.78, 5) is 0. The molecule has 0 fully saturated rings. The normalized spacial score (nSPS) is 10.7. The Labute approximate surface area is 114 Å². The van der Waals surface area contributed by atoms with Crippen molar-refractivity contribution in [1.29, 1.82) is 5.26 Å². The highest BCUT2D eigenvalue weighted by atomic mass is 19.1. The quantitative estimate of drug-likeness (QED) is 0.900. The van der Waals surface area contributed by atoms with Crippen LogP contribution in [0, 0.1) is 29.9 Å². The number of nitriles is 1. The lowest BCUT2D eigenvalue weighted by atomic mass is 10.2. The molecule has 4 nitrogen and oxygen atoms in total. The van der Waals surface area contributed by atoms with Gasteiger partial charge in [-0.25, -0.2) is 8.78 Å². The molecule has 0 aliphatic heterocycles. The van der Waals surface area contributed by atoms with Crippen molar-refractivity contribution in [3.63, 3.8) is 0 Å². The number of nitrogens with one attached hydrogen (secondary N) is 2. The lowest BCUT2D eigenvalue weighted by Gasteiger charge is -1.99. The van der Waals surface area contributed by atoms with Gasteiger partial charge in [0.15, 0.2) is 5.82 Å². The van der Waals surface area contributed by atoms with E-state index in [1.165, 1.54) is 18.2 Å². The molecule has 0 saturated heterocycles. The van der Waals surface area contributed by atoms with Gasteiger partial charge in [0, 0.05) is 18.2 Å². The Morgan fingerprint density at radius 1 is 1.45 bits per heavy atom. The summed E-state index contributed by atoms with van der Waals surface area (Å²) in [7, 11) is 0. The van der Waals surface area contributed by atoms with Gasteiger partial charge in [-0.15, -0.1) is 0 Å². The molecule has 0 saturated carbocycles. The lowest BCUT2D eigenvalue weighted by Crippen LogP contribution is -2.00. The average molecular weight is 274 g/mol. The minimum absolute atomic E-state index is 0.298. The van der Waals surface area contributed by atoms with Crippen molar-refractivity contribution >= 4 is 11.9 Å². The van der Waals surface area contributed by atoms with Crippen LogP contribution in [0.15, 0.2) is 24.3 Å². The van der Waals surface area contributed by atoms with E-state index in [4.69, 9.17) is 5.26 Å². The summed E-state index contributed by atoms with van der Waals surface area (Å²) in [5, 5.41) is 18.5. The highest BCUT2D eigenvalue weighted by molar-refractivity contribution is 5.55. The van der Waals surface area contributed by atoms with E-state index in [-0.39, 0.29) is 0 Å². The van der Waals surface area contributed by atoms with E-state index in [0.717, 1.165) is 6.07 Å². The third kappa shape index (κ3) is 3.01. The van der Waals surface area contributed by atoms with Gasteiger partial charge in [-0.2, -0.15) is 10.4 Å². The van der Waals surface area contributed by atoms with Crippen LogP contribution in [-0.4, -0.2) is 16.7 Å². The lowest BCUT2D eigenvalue weighted by molar-refractivity contribution is 0.581. The van der Waals surface area contributed by atoms with Crippen molar-refractivity contribution in [1.82, 2.24) is 10.2 Å². The van der Waals surface area contributed by atoms with E-state index in [2.05, 4.69) is 15.5 Å². The van der Waals surface area contributed by atoms with Crippen molar-refractivity contribution in [2.75, 3.05) is 11.9 Å². The van der Waals surface area contributed by atoms with Crippen LogP contribution in [0.4, 0.5) is 14.6 Å². The van der Waals surface area contributed by atoms with Gasteiger partial charge in [0.25, 0.3) is 0 Å². The molecule has 0 spiro atoms. The second kappa shape index (κ2) is 5.97. The first-order valence-corrected chi connectivity index (χ1v) is 5.92. The predicted molar refractivity (Wildman–Crippen MR) is 71.9 cm³/mol. The van der Waals surface area contributed by atoms with Gasteiger partial charge in [-0.3, -0.25) is 5.10 Å². The fourth-order valence-electron chi connectivity index (χ4n) is 1.67. The summed E-state index contributed by atoms with van der Waals surface area (Å²) < 4.78 is 26.1. The fraction of sp³-hybridized carbons (Fsp3) is 0.143. The number of hydrogen-bond acceptors (Lipinski definition) is 3. The van der Waals surface area contributed by atoms with Gasteiger partial charge in [0.2, 0.25) is 0 Å². The predicted octanol–water partition coefficient (Wildman–Crippen LogP) is 2.99. The van der Waals surface area contributed by atoms with Crippen LogP contribution in [0.1, 0.15) is 16.8 Å². The van der Waals surface area contributed by atoms with E-state index in [9.17, 15) is 8.78 Å². The number of aryl methyl sites for hydroxylation is 1. The Hall–Kier alpha value is -2.68. The van der Waals surface area contributed by atoms with Crippen LogP contribution in [0.25, 0.3) is 6.08 Å². The van der Waals surface area contributed by atoms with Crippen molar-refractivity contribution in [2.45, 2.75) is 6.92 Å². The number of rotatable bonds is 4. The second-order valence-electron chi connectivity index (χ2n) is 4.13. The molecule has 20 heavy (non-hydrogen) atoms. The van der Waals surface area contributed by atoms with Crippen LogP contribution < -0.4 is 5.32 Å². The third-order valence-electron chi connectivity index (χ3n) is 2.71. The van der Waals surface area contributed by atoms with E-state index in [0.29, 0.717) is 29.2 Å². The van der Waals surface area contributed by atoms with Crippen molar-refractivity contribution in [3.05, 3.63) is 52.7 Å². The SMILES string of the molecule is Cc1[nH]nc(NC/C=C/c2ccc(F)cc2F)c1C#N. The van der Waals surface area contributed by atoms with Crippen LogP contribution in [0.5, 0.6) is 0 Å². The number of anilines is 1. The zero-order chi connectivity index (χ0) is 14.5. The smallest absolute Gasteiger partial charge is 0.166 e. The first kappa shape index (κ1) is 13.7. The molecule has 1 aromatic carbocycles. The first-order chi connectivity index (χ1) is 9.61. The molecule has 0 aliphatic carbocycles. The number of hydrogen-bond donors (Lipinski definition) is 2. The fourth-order valence-corrected chi connectivity index (χ4v) is 1.67. The molecule has 0 atom stereocenters. The monoisotopic (exact) mass is 274 g/mol. The summed E-state index contributed by atoms with van der Waals surface area (Å²) in [5.41, 5.74) is 1.43. The average Bonchev–Trinajstić information content (AvgIpc) is 2.77. The molecule has 0 radical (unpaired) electrons. The first-order valence-electron chi connectivity index (χ1n) is 5.92. The number of nitrogens with zero attached hydrogens (tertiary/aromatic N) is 2. The third-order valence-corrected chi connectivity index (χ3v) is 2.71. The molecule has 2 rings (SSSR count). The maximum atomic E-state index is 13.4. The summed E-state index contributed by atoms with van der Waals surface area (Å²) in [6, 6.07) is 5.42. The Morgan fingerprint density at radius 2 is 2.25 bits per heavy atom. The zero-order valence-electron chi connectivity index (χ0n) is 10.7. The van der Waals surface area contributed by atoms with Gasteiger partial charge in [-0.1, -0.05) is 12.2 Å². The van der Waals surface area contributed by atoms with E-state index < -0.39 is 11.6 Å². The molecular formula is C14H12F2N4. The largest absolute Gasteiger partial charge is 0.364 e. The van der Waals surface area contributed by atoms with Crippen molar-refractivity contribution < 1.29 is 8.78 Å². The van der Waals surface area contributed by atoms with Crippen molar-refractivity contribution in [3.8, 4) is 6.07 Å². The minimum Gasteiger partial charge on any atom is -0.364 e. The van der Waals surface area contributed by atoms with Gasteiger partial charge >= 0.3 is 0 Å². The molecule has 0 amide bonds. The molecule has 1 heterocycles. The Kier molecular flexibility index (Phi) is 4.11. The van der Waals surface area contributed by atoms with Crippen LogP contribution in [-0.2, 0) is 0 Å². The van der Waals surface area contributed by atoms with Gasteiger partial charge < -0.3 is 5.32 Å². The number of H-pyrrole nitrogens is 1. The van der Waals surface area contributed by atoms with E-state index in [1.54, 1.807) is 13.0 Å². The maximum Gasteiger partial charge on any atom is 0.166 e. The molecule has 0 bridgehead atoms. The van der Waals surface area contributed by atoms with E-state index in [1.807, 2.05) is 6.07 Å². The number of aromatic nitrogens is 2. The molecule has 1 aromatic heterocycles. The van der Waals surface area contributed by atoms with Crippen LogP contribution >= 0.6 is 0 Å². The Balaban J connectivity index is 1.99. The minimum atomic E-state index is -0.616.